The van der Waals surface area contributed by atoms with Crippen molar-refractivity contribution >= 4 is 39.5 Å². The number of carbonyl (C=O) groups excluding carboxylic acids is 2. The molecular formula is C19H20N4O4S. The van der Waals surface area contributed by atoms with Crippen molar-refractivity contribution < 1.29 is 14.5 Å². The molecule has 2 amide bonds. The second kappa shape index (κ2) is 7.23. The molecule has 1 aromatic heterocycles. The van der Waals surface area contributed by atoms with Crippen LogP contribution >= 0.6 is 11.3 Å². The van der Waals surface area contributed by atoms with Crippen molar-refractivity contribution in [2.45, 2.75) is 32.1 Å². The number of hydrogen-bond donors (Lipinski definition) is 2. The van der Waals surface area contributed by atoms with Crippen molar-refractivity contribution in [2.24, 2.45) is 5.73 Å². The van der Waals surface area contributed by atoms with Crippen molar-refractivity contribution in [2.75, 3.05) is 23.3 Å². The van der Waals surface area contributed by atoms with Crippen LogP contribution in [0.25, 0.3) is 0 Å². The highest BCUT2D eigenvalue weighted by Crippen LogP contribution is 2.39. The highest BCUT2D eigenvalue weighted by Gasteiger charge is 2.28. The van der Waals surface area contributed by atoms with Gasteiger partial charge in [0.15, 0.2) is 0 Å². The van der Waals surface area contributed by atoms with E-state index in [1.54, 1.807) is 12.1 Å². The number of anilines is 2. The van der Waals surface area contributed by atoms with Crippen LogP contribution in [0.3, 0.4) is 0 Å². The third kappa shape index (κ3) is 3.22. The van der Waals surface area contributed by atoms with Gasteiger partial charge in [-0.3, -0.25) is 19.7 Å². The lowest BCUT2D eigenvalue weighted by molar-refractivity contribution is -0.384. The molecule has 1 aromatic carbocycles. The lowest BCUT2D eigenvalue weighted by Gasteiger charge is -2.17. The Hall–Kier alpha value is -2.94. The average molecular weight is 400 g/mol. The fourth-order valence-electron chi connectivity index (χ4n) is 3.96. The zero-order valence-corrected chi connectivity index (χ0v) is 16.0. The first-order valence-electron chi connectivity index (χ1n) is 9.25. The number of aryl methyl sites for hydroxylation is 1. The molecule has 0 atom stereocenters. The molecule has 2 aliphatic rings. The molecule has 4 rings (SSSR count). The van der Waals surface area contributed by atoms with Crippen LogP contribution in [-0.2, 0) is 12.8 Å². The van der Waals surface area contributed by atoms with Gasteiger partial charge in [0.2, 0.25) is 0 Å². The Labute approximate surface area is 165 Å². The molecule has 1 saturated heterocycles. The fraction of sp³-hybridized carbons (Fsp3) is 0.368. The van der Waals surface area contributed by atoms with Crippen molar-refractivity contribution in [3.8, 4) is 0 Å². The number of nitrogens with two attached hydrogens (primary N) is 1. The highest BCUT2D eigenvalue weighted by molar-refractivity contribution is 7.17. The van der Waals surface area contributed by atoms with Gasteiger partial charge in [0.05, 0.1) is 10.5 Å². The molecule has 1 fully saturated rings. The molecule has 1 aliphatic heterocycles. The van der Waals surface area contributed by atoms with Crippen LogP contribution < -0.4 is 16.0 Å². The second-order valence-corrected chi connectivity index (χ2v) is 8.14. The number of benzene rings is 1. The normalized spacial score (nSPS) is 15.5. The molecule has 0 saturated carbocycles. The Kier molecular flexibility index (Phi) is 4.76. The van der Waals surface area contributed by atoms with Crippen LogP contribution in [0.2, 0.25) is 0 Å². The Bertz CT molecular complexity index is 979. The second-order valence-electron chi connectivity index (χ2n) is 7.03. The van der Waals surface area contributed by atoms with Crippen molar-refractivity contribution in [3.63, 3.8) is 0 Å². The predicted octanol–water partition coefficient (Wildman–Crippen LogP) is 3.10. The zero-order valence-electron chi connectivity index (χ0n) is 15.2. The van der Waals surface area contributed by atoms with Crippen LogP contribution in [0, 0.1) is 10.1 Å². The SMILES string of the molecule is NC(=O)c1c(NC(=O)c2ccc(N3CCCC3)c([N+](=O)[O-])c2)sc2c1CCC2. The van der Waals surface area contributed by atoms with Crippen LogP contribution in [0.15, 0.2) is 18.2 Å². The van der Waals surface area contributed by atoms with E-state index >= 15 is 0 Å². The Morgan fingerprint density at radius 2 is 1.93 bits per heavy atom. The summed E-state index contributed by atoms with van der Waals surface area (Å²) in [7, 11) is 0. The number of nitro groups is 1. The van der Waals surface area contributed by atoms with E-state index < -0.39 is 16.7 Å². The Morgan fingerprint density at radius 1 is 1.18 bits per heavy atom. The van der Waals surface area contributed by atoms with Crippen molar-refractivity contribution in [3.05, 3.63) is 49.9 Å². The van der Waals surface area contributed by atoms with Gasteiger partial charge >= 0.3 is 0 Å². The summed E-state index contributed by atoms with van der Waals surface area (Å²) in [6, 6.07) is 4.51. The van der Waals surface area contributed by atoms with Crippen LogP contribution in [0.1, 0.15) is 50.4 Å². The maximum Gasteiger partial charge on any atom is 0.293 e. The topological polar surface area (TPSA) is 119 Å². The third-order valence-electron chi connectivity index (χ3n) is 5.28. The van der Waals surface area contributed by atoms with E-state index in [1.165, 1.54) is 17.4 Å². The summed E-state index contributed by atoms with van der Waals surface area (Å²) < 4.78 is 0. The van der Waals surface area contributed by atoms with Gasteiger partial charge < -0.3 is 16.0 Å². The molecule has 146 valence electrons. The summed E-state index contributed by atoms with van der Waals surface area (Å²) in [4.78, 5) is 38.7. The van der Waals surface area contributed by atoms with Crippen LogP contribution in [0.4, 0.5) is 16.4 Å². The van der Waals surface area contributed by atoms with Gasteiger partial charge in [-0.15, -0.1) is 11.3 Å². The number of fused-ring (bicyclic) bond motifs is 1. The molecule has 0 spiro atoms. The van der Waals surface area contributed by atoms with Gasteiger partial charge in [0, 0.05) is 29.6 Å². The molecule has 8 nitrogen and oxygen atoms in total. The lowest BCUT2D eigenvalue weighted by atomic mass is 10.1. The molecule has 2 heterocycles. The van der Waals surface area contributed by atoms with Gasteiger partial charge in [-0.25, -0.2) is 0 Å². The van der Waals surface area contributed by atoms with Gasteiger partial charge in [0.1, 0.15) is 10.7 Å². The summed E-state index contributed by atoms with van der Waals surface area (Å²) in [6.45, 7) is 1.55. The summed E-state index contributed by atoms with van der Waals surface area (Å²) >= 11 is 1.36. The maximum atomic E-state index is 12.7. The first-order valence-corrected chi connectivity index (χ1v) is 10.1. The molecule has 9 heteroatoms. The molecule has 3 N–H and O–H groups in total. The number of primary amides is 1. The van der Waals surface area contributed by atoms with Gasteiger partial charge in [0.25, 0.3) is 17.5 Å². The Balaban J connectivity index is 1.63. The summed E-state index contributed by atoms with van der Waals surface area (Å²) in [6.07, 6.45) is 4.61. The quantitative estimate of drug-likeness (QED) is 0.590. The number of nitro benzene ring substituents is 1. The minimum atomic E-state index is -0.565. The van der Waals surface area contributed by atoms with Gasteiger partial charge in [-0.05, 0) is 49.8 Å². The summed E-state index contributed by atoms with van der Waals surface area (Å²) in [5, 5.41) is 14.7. The van der Waals surface area contributed by atoms with Crippen LogP contribution in [0.5, 0.6) is 0 Å². The summed E-state index contributed by atoms with van der Waals surface area (Å²) in [5.41, 5.74) is 7.44. The predicted molar refractivity (Wildman–Crippen MR) is 107 cm³/mol. The number of carbonyl (C=O) groups is 2. The number of nitrogens with zero attached hydrogens (tertiary/aromatic N) is 2. The van der Waals surface area contributed by atoms with Gasteiger partial charge in [-0.1, -0.05) is 0 Å². The molecule has 1 aliphatic carbocycles. The first kappa shape index (κ1) is 18.4. The third-order valence-corrected chi connectivity index (χ3v) is 6.48. The molecule has 28 heavy (non-hydrogen) atoms. The number of amides is 2. The Morgan fingerprint density at radius 3 is 2.61 bits per heavy atom. The van der Waals surface area contributed by atoms with Gasteiger partial charge in [-0.2, -0.15) is 0 Å². The largest absolute Gasteiger partial charge is 0.366 e. The van der Waals surface area contributed by atoms with Crippen molar-refractivity contribution in [1.82, 2.24) is 0 Å². The molecular weight excluding hydrogens is 380 g/mol. The minimum Gasteiger partial charge on any atom is -0.366 e. The van der Waals surface area contributed by atoms with E-state index in [4.69, 9.17) is 5.73 Å². The highest BCUT2D eigenvalue weighted by atomic mass is 32.1. The number of hydrogen-bond acceptors (Lipinski definition) is 6. The van der Waals surface area contributed by atoms with E-state index in [9.17, 15) is 19.7 Å². The lowest BCUT2D eigenvalue weighted by Crippen LogP contribution is -2.20. The maximum absolute atomic E-state index is 12.7. The van der Waals surface area contributed by atoms with Crippen LogP contribution in [-0.4, -0.2) is 29.8 Å². The molecule has 2 aromatic rings. The molecule has 0 radical (unpaired) electrons. The monoisotopic (exact) mass is 400 g/mol. The summed E-state index contributed by atoms with van der Waals surface area (Å²) in [5.74, 6) is -1.05. The first-order chi connectivity index (χ1) is 13.5. The molecule has 0 bridgehead atoms. The van der Waals surface area contributed by atoms with E-state index in [0.29, 0.717) is 16.3 Å². The number of nitrogens with one attached hydrogen (secondary N) is 1. The smallest absolute Gasteiger partial charge is 0.293 e. The number of thiophene rings is 1. The van der Waals surface area contributed by atoms with E-state index in [1.807, 2.05) is 4.90 Å². The number of rotatable bonds is 5. The standard InChI is InChI=1S/C19H20N4O4S/c20-17(24)16-12-4-3-5-15(12)28-19(16)21-18(25)11-6-7-13(14(10-11)23(26)27)22-8-1-2-9-22/h6-7,10H,1-5,8-9H2,(H2,20,24)(H,21,25). The van der Waals surface area contributed by atoms with E-state index in [-0.39, 0.29) is 11.3 Å². The zero-order chi connectivity index (χ0) is 19.8. The van der Waals surface area contributed by atoms with E-state index in [0.717, 1.165) is 55.6 Å². The minimum absolute atomic E-state index is 0.0849. The average Bonchev–Trinajstić information content (AvgIpc) is 3.38. The molecule has 0 unspecified atom stereocenters. The fourth-order valence-corrected chi connectivity index (χ4v) is 5.25. The van der Waals surface area contributed by atoms with E-state index in [2.05, 4.69) is 5.32 Å². The van der Waals surface area contributed by atoms with Crippen molar-refractivity contribution in [1.29, 1.82) is 0 Å².